The summed E-state index contributed by atoms with van der Waals surface area (Å²) in [7, 11) is -1.57. The standard InChI is InChI=1S/C8H17NO3S/c1-8(7-12-2)13(10,11)9-5-3-4-6-9/h8H,3-7H2,1-2H3. The van der Waals surface area contributed by atoms with Gasteiger partial charge in [0.2, 0.25) is 10.0 Å². The van der Waals surface area contributed by atoms with Gasteiger partial charge in [-0.05, 0) is 19.8 Å². The van der Waals surface area contributed by atoms with Gasteiger partial charge in [-0.25, -0.2) is 12.7 Å². The van der Waals surface area contributed by atoms with Crippen LogP contribution in [0, 0.1) is 0 Å². The van der Waals surface area contributed by atoms with Crippen molar-refractivity contribution in [1.82, 2.24) is 4.31 Å². The summed E-state index contributed by atoms with van der Waals surface area (Å²) >= 11 is 0. The topological polar surface area (TPSA) is 46.6 Å². The van der Waals surface area contributed by atoms with Gasteiger partial charge >= 0.3 is 0 Å². The Balaban J connectivity index is 2.63. The number of hydrogen-bond donors (Lipinski definition) is 0. The van der Waals surface area contributed by atoms with Crippen LogP contribution in [0.15, 0.2) is 0 Å². The molecule has 0 aromatic carbocycles. The van der Waals surface area contributed by atoms with Crippen LogP contribution < -0.4 is 0 Å². The summed E-state index contributed by atoms with van der Waals surface area (Å²) in [6.07, 6.45) is 1.97. The van der Waals surface area contributed by atoms with E-state index < -0.39 is 15.3 Å². The molecule has 0 aromatic rings. The van der Waals surface area contributed by atoms with Gasteiger partial charge in [-0.3, -0.25) is 0 Å². The van der Waals surface area contributed by atoms with Gasteiger partial charge in [0.15, 0.2) is 0 Å². The summed E-state index contributed by atoms with van der Waals surface area (Å²) < 4.78 is 29.9. The van der Waals surface area contributed by atoms with E-state index in [0.29, 0.717) is 13.1 Å². The Bertz CT molecular complexity index is 244. The van der Waals surface area contributed by atoms with Crippen molar-refractivity contribution in [3.8, 4) is 0 Å². The highest BCUT2D eigenvalue weighted by Gasteiger charge is 2.30. The fourth-order valence-electron chi connectivity index (χ4n) is 1.52. The highest BCUT2D eigenvalue weighted by atomic mass is 32.2. The quantitative estimate of drug-likeness (QED) is 0.672. The van der Waals surface area contributed by atoms with Crippen molar-refractivity contribution in [2.75, 3.05) is 26.8 Å². The van der Waals surface area contributed by atoms with Crippen LogP contribution in [0.3, 0.4) is 0 Å². The molecule has 0 bridgehead atoms. The molecule has 1 heterocycles. The van der Waals surface area contributed by atoms with Gasteiger partial charge in [-0.1, -0.05) is 0 Å². The smallest absolute Gasteiger partial charge is 0.218 e. The predicted octanol–water partition coefficient (Wildman–Crippen LogP) is 0.447. The number of rotatable bonds is 4. The molecule has 1 atom stereocenters. The summed E-state index contributed by atoms with van der Waals surface area (Å²) in [4.78, 5) is 0. The van der Waals surface area contributed by atoms with Crippen LogP contribution in [-0.2, 0) is 14.8 Å². The summed E-state index contributed by atoms with van der Waals surface area (Å²) in [6, 6.07) is 0. The first-order valence-electron chi connectivity index (χ1n) is 4.57. The predicted molar refractivity (Wildman–Crippen MR) is 51.1 cm³/mol. The molecular formula is C8H17NO3S. The number of sulfonamides is 1. The van der Waals surface area contributed by atoms with E-state index in [4.69, 9.17) is 4.74 Å². The van der Waals surface area contributed by atoms with E-state index in [2.05, 4.69) is 0 Å². The molecule has 0 saturated carbocycles. The molecule has 0 aliphatic carbocycles. The molecule has 0 spiro atoms. The van der Waals surface area contributed by atoms with Gasteiger partial charge in [0, 0.05) is 20.2 Å². The summed E-state index contributed by atoms with van der Waals surface area (Å²) in [5.41, 5.74) is 0. The molecule has 1 unspecified atom stereocenters. The maximum absolute atomic E-state index is 11.8. The van der Waals surface area contributed by atoms with Gasteiger partial charge in [-0.15, -0.1) is 0 Å². The van der Waals surface area contributed by atoms with E-state index in [1.807, 2.05) is 0 Å². The molecule has 4 nitrogen and oxygen atoms in total. The van der Waals surface area contributed by atoms with E-state index in [0.717, 1.165) is 12.8 Å². The fraction of sp³-hybridized carbons (Fsp3) is 1.00. The first kappa shape index (κ1) is 10.9. The molecule has 13 heavy (non-hydrogen) atoms. The maximum Gasteiger partial charge on any atom is 0.218 e. The molecule has 1 fully saturated rings. The second-order valence-corrected chi connectivity index (χ2v) is 5.77. The van der Waals surface area contributed by atoms with Crippen molar-refractivity contribution < 1.29 is 13.2 Å². The Morgan fingerprint density at radius 1 is 1.38 bits per heavy atom. The lowest BCUT2D eigenvalue weighted by Crippen LogP contribution is -2.37. The Morgan fingerprint density at radius 2 is 1.92 bits per heavy atom. The lowest BCUT2D eigenvalue weighted by Gasteiger charge is -2.20. The lowest BCUT2D eigenvalue weighted by atomic mass is 10.4. The van der Waals surface area contributed by atoms with Crippen LogP contribution in [0.2, 0.25) is 0 Å². The first-order chi connectivity index (χ1) is 6.09. The minimum Gasteiger partial charge on any atom is -0.383 e. The van der Waals surface area contributed by atoms with Gasteiger partial charge < -0.3 is 4.74 Å². The normalized spacial score (nSPS) is 22.0. The van der Waals surface area contributed by atoms with Crippen molar-refractivity contribution in [3.05, 3.63) is 0 Å². The van der Waals surface area contributed by atoms with Gasteiger partial charge in [0.25, 0.3) is 0 Å². The van der Waals surface area contributed by atoms with Crippen molar-refractivity contribution in [1.29, 1.82) is 0 Å². The Hall–Kier alpha value is -0.130. The van der Waals surface area contributed by atoms with E-state index in [-0.39, 0.29) is 6.61 Å². The van der Waals surface area contributed by atoms with Crippen LogP contribution in [0.1, 0.15) is 19.8 Å². The van der Waals surface area contributed by atoms with Crippen LogP contribution in [0.5, 0.6) is 0 Å². The largest absolute Gasteiger partial charge is 0.383 e. The zero-order chi connectivity index (χ0) is 9.90. The van der Waals surface area contributed by atoms with Gasteiger partial charge in [0.1, 0.15) is 0 Å². The first-order valence-corrected chi connectivity index (χ1v) is 6.07. The van der Waals surface area contributed by atoms with Crippen LogP contribution in [0.25, 0.3) is 0 Å². The SMILES string of the molecule is COCC(C)S(=O)(=O)N1CCCC1. The molecule has 1 rings (SSSR count). The molecule has 0 amide bonds. The molecule has 0 N–H and O–H groups in total. The number of hydrogen-bond acceptors (Lipinski definition) is 3. The third kappa shape index (κ3) is 2.42. The van der Waals surface area contributed by atoms with E-state index in [1.165, 1.54) is 7.11 Å². The minimum atomic E-state index is -3.09. The zero-order valence-corrected chi connectivity index (χ0v) is 9.01. The van der Waals surface area contributed by atoms with Crippen molar-refractivity contribution >= 4 is 10.0 Å². The molecule has 1 aliphatic rings. The Kier molecular flexibility index (Phi) is 3.70. The van der Waals surface area contributed by atoms with E-state index >= 15 is 0 Å². The number of nitrogens with zero attached hydrogens (tertiary/aromatic N) is 1. The van der Waals surface area contributed by atoms with Crippen LogP contribution >= 0.6 is 0 Å². The molecule has 0 aromatic heterocycles. The highest BCUT2D eigenvalue weighted by molar-refractivity contribution is 7.89. The lowest BCUT2D eigenvalue weighted by molar-refractivity contribution is 0.198. The van der Waals surface area contributed by atoms with Gasteiger partial charge in [0.05, 0.1) is 11.9 Å². The summed E-state index contributed by atoms with van der Waals surface area (Å²) in [6.45, 7) is 3.32. The van der Waals surface area contributed by atoms with Crippen molar-refractivity contribution in [2.24, 2.45) is 0 Å². The molecule has 1 aliphatic heterocycles. The molecule has 1 saturated heterocycles. The third-order valence-electron chi connectivity index (χ3n) is 2.33. The van der Waals surface area contributed by atoms with Crippen molar-refractivity contribution in [3.63, 3.8) is 0 Å². The van der Waals surface area contributed by atoms with Crippen LogP contribution in [-0.4, -0.2) is 44.8 Å². The van der Waals surface area contributed by atoms with E-state index in [9.17, 15) is 8.42 Å². The molecular weight excluding hydrogens is 190 g/mol. The fourth-order valence-corrected chi connectivity index (χ4v) is 3.10. The zero-order valence-electron chi connectivity index (χ0n) is 8.19. The monoisotopic (exact) mass is 207 g/mol. The number of methoxy groups -OCH3 is 1. The summed E-state index contributed by atoms with van der Waals surface area (Å²) in [5, 5.41) is -0.421. The highest BCUT2D eigenvalue weighted by Crippen LogP contribution is 2.16. The Labute approximate surface area is 79.9 Å². The summed E-state index contributed by atoms with van der Waals surface area (Å²) in [5.74, 6) is 0. The second-order valence-electron chi connectivity index (χ2n) is 3.42. The van der Waals surface area contributed by atoms with Crippen molar-refractivity contribution in [2.45, 2.75) is 25.0 Å². The second kappa shape index (κ2) is 4.39. The molecule has 0 radical (unpaired) electrons. The maximum atomic E-state index is 11.8. The van der Waals surface area contributed by atoms with Crippen LogP contribution in [0.4, 0.5) is 0 Å². The molecule has 5 heteroatoms. The average Bonchev–Trinajstić information content (AvgIpc) is 2.56. The average molecular weight is 207 g/mol. The van der Waals surface area contributed by atoms with Gasteiger partial charge in [-0.2, -0.15) is 0 Å². The molecule has 78 valence electrons. The Morgan fingerprint density at radius 3 is 2.38 bits per heavy atom. The van der Waals surface area contributed by atoms with E-state index in [1.54, 1.807) is 11.2 Å². The third-order valence-corrected chi connectivity index (χ3v) is 4.57. The minimum absolute atomic E-state index is 0.277. The number of ether oxygens (including phenoxy) is 1.